The number of ether oxygens (including phenoxy) is 2. The van der Waals surface area contributed by atoms with Gasteiger partial charge in [0.2, 0.25) is 0 Å². The second kappa shape index (κ2) is 7.72. The van der Waals surface area contributed by atoms with E-state index in [2.05, 4.69) is 4.98 Å². The standard InChI is InChI=1S/C25H18FNO4/c26-20-7-3-1-5-16(20)14-30-17-11-9-15(10-12-17)19-13-22(28)31-24-18-6-2-4-8-21(18)27-25(29)23(19)24/h1-12,19H,13-14H2,(H,27,29)/t19-/m0/s1. The Kier molecular flexibility index (Phi) is 4.75. The number of aromatic nitrogens is 1. The normalized spacial score (nSPS) is 15.4. The molecule has 1 aliphatic heterocycles. The van der Waals surface area contributed by atoms with Crippen molar-refractivity contribution in [1.29, 1.82) is 0 Å². The van der Waals surface area contributed by atoms with Gasteiger partial charge < -0.3 is 14.5 Å². The van der Waals surface area contributed by atoms with Crippen LogP contribution in [0.1, 0.15) is 29.0 Å². The number of rotatable bonds is 4. The third kappa shape index (κ3) is 3.57. The third-order valence-electron chi connectivity index (χ3n) is 5.48. The van der Waals surface area contributed by atoms with E-state index in [0.717, 1.165) is 5.56 Å². The highest BCUT2D eigenvalue weighted by Gasteiger charge is 2.32. The van der Waals surface area contributed by atoms with Crippen molar-refractivity contribution >= 4 is 16.9 Å². The zero-order valence-electron chi connectivity index (χ0n) is 16.4. The van der Waals surface area contributed by atoms with Crippen molar-refractivity contribution in [2.24, 2.45) is 0 Å². The van der Waals surface area contributed by atoms with Crippen molar-refractivity contribution in [2.75, 3.05) is 0 Å². The fourth-order valence-corrected chi connectivity index (χ4v) is 3.94. The van der Waals surface area contributed by atoms with Crippen LogP contribution < -0.4 is 15.0 Å². The molecule has 5 nitrogen and oxygen atoms in total. The van der Waals surface area contributed by atoms with Crippen LogP contribution in [0.2, 0.25) is 0 Å². The first-order chi connectivity index (χ1) is 15.1. The van der Waals surface area contributed by atoms with Crippen LogP contribution in [0.5, 0.6) is 11.5 Å². The Labute approximate surface area is 177 Å². The maximum atomic E-state index is 13.8. The van der Waals surface area contributed by atoms with E-state index in [1.165, 1.54) is 6.07 Å². The molecule has 0 bridgehead atoms. The summed E-state index contributed by atoms with van der Waals surface area (Å²) < 4.78 is 24.9. The van der Waals surface area contributed by atoms with Crippen LogP contribution in [-0.2, 0) is 11.4 Å². The van der Waals surface area contributed by atoms with Gasteiger partial charge in [-0.25, -0.2) is 4.39 Å². The zero-order valence-corrected chi connectivity index (χ0v) is 16.4. The molecule has 1 N–H and O–H groups in total. The highest BCUT2D eigenvalue weighted by molar-refractivity contribution is 5.91. The lowest BCUT2D eigenvalue weighted by Crippen LogP contribution is -2.28. The summed E-state index contributed by atoms with van der Waals surface area (Å²) in [6.45, 7) is 0.107. The largest absolute Gasteiger partial charge is 0.489 e. The Morgan fingerprint density at radius 3 is 2.52 bits per heavy atom. The summed E-state index contributed by atoms with van der Waals surface area (Å²) in [5.41, 5.74) is 2.06. The van der Waals surface area contributed by atoms with E-state index in [1.54, 1.807) is 36.4 Å². The quantitative estimate of drug-likeness (QED) is 0.491. The van der Waals surface area contributed by atoms with Gasteiger partial charge in [0, 0.05) is 16.9 Å². The minimum Gasteiger partial charge on any atom is -0.489 e. The number of halogens is 1. The lowest BCUT2D eigenvalue weighted by atomic mass is 9.86. The molecule has 0 fully saturated rings. The second-order valence-electron chi connectivity index (χ2n) is 7.42. The lowest BCUT2D eigenvalue weighted by molar-refractivity contribution is -0.135. The highest BCUT2D eigenvalue weighted by Crippen LogP contribution is 2.40. The van der Waals surface area contributed by atoms with E-state index in [0.29, 0.717) is 33.5 Å². The summed E-state index contributed by atoms with van der Waals surface area (Å²) in [7, 11) is 0. The number of benzene rings is 3. The fraction of sp³-hybridized carbons (Fsp3) is 0.120. The molecule has 3 aromatic carbocycles. The fourth-order valence-electron chi connectivity index (χ4n) is 3.94. The van der Waals surface area contributed by atoms with Crippen molar-refractivity contribution in [3.63, 3.8) is 0 Å². The number of carbonyl (C=O) groups is 1. The van der Waals surface area contributed by atoms with Crippen molar-refractivity contribution in [3.8, 4) is 11.5 Å². The van der Waals surface area contributed by atoms with Crippen LogP contribution in [0.15, 0.2) is 77.6 Å². The van der Waals surface area contributed by atoms with Gasteiger partial charge in [0.25, 0.3) is 5.56 Å². The predicted molar refractivity (Wildman–Crippen MR) is 114 cm³/mol. The predicted octanol–water partition coefficient (Wildman–Crippen LogP) is 4.69. The maximum absolute atomic E-state index is 13.8. The first kappa shape index (κ1) is 19.1. The molecule has 0 aliphatic carbocycles. The minimum atomic E-state index is -0.426. The van der Waals surface area contributed by atoms with Crippen molar-refractivity contribution in [2.45, 2.75) is 18.9 Å². The number of hydrogen-bond acceptors (Lipinski definition) is 4. The molecule has 2 heterocycles. The third-order valence-corrected chi connectivity index (χ3v) is 5.48. The number of hydrogen-bond donors (Lipinski definition) is 1. The molecule has 31 heavy (non-hydrogen) atoms. The van der Waals surface area contributed by atoms with E-state index < -0.39 is 5.92 Å². The SMILES string of the molecule is O=C1C[C@@H](c2ccc(OCc3ccccc3F)cc2)c2c(c3ccccc3[nH]c2=O)O1. The van der Waals surface area contributed by atoms with E-state index in [-0.39, 0.29) is 30.4 Å². The van der Waals surface area contributed by atoms with E-state index in [1.807, 2.05) is 30.3 Å². The molecule has 1 aromatic heterocycles. The van der Waals surface area contributed by atoms with Crippen molar-refractivity contribution in [3.05, 3.63) is 106 Å². The van der Waals surface area contributed by atoms with Crippen LogP contribution in [0, 0.1) is 5.82 Å². The summed E-state index contributed by atoms with van der Waals surface area (Å²) in [5.74, 6) is -0.236. The van der Waals surface area contributed by atoms with Crippen LogP contribution in [0.25, 0.3) is 10.9 Å². The molecule has 0 spiro atoms. The van der Waals surface area contributed by atoms with Crippen molar-refractivity contribution in [1.82, 2.24) is 4.98 Å². The molecule has 1 aliphatic rings. The molecule has 0 radical (unpaired) electrons. The molecule has 5 rings (SSSR count). The Morgan fingerprint density at radius 2 is 1.71 bits per heavy atom. The van der Waals surface area contributed by atoms with Gasteiger partial charge >= 0.3 is 5.97 Å². The monoisotopic (exact) mass is 415 g/mol. The molecule has 154 valence electrons. The van der Waals surface area contributed by atoms with Gasteiger partial charge in [-0.1, -0.05) is 42.5 Å². The number of carbonyl (C=O) groups excluding carboxylic acids is 1. The van der Waals surface area contributed by atoms with Gasteiger partial charge in [0.05, 0.1) is 17.5 Å². The summed E-state index contributed by atoms with van der Waals surface area (Å²) in [6.07, 6.45) is 0.0733. The Hall–Kier alpha value is -3.93. The van der Waals surface area contributed by atoms with Crippen LogP contribution in [0.3, 0.4) is 0 Å². The first-order valence-corrected chi connectivity index (χ1v) is 9.92. The maximum Gasteiger partial charge on any atom is 0.312 e. The molecule has 1 atom stereocenters. The van der Waals surface area contributed by atoms with Gasteiger partial charge in [-0.2, -0.15) is 0 Å². The van der Waals surface area contributed by atoms with Gasteiger partial charge in [-0.15, -0.1) is 0 Å². The topological polar surface area (TPSA) is 68.4 Å². The van der Waals surface area contributed by atoms with E-state index >= 15 is 0 Å². The zero-order chi connectivity index (χ0) is 21.4. The molecule has 4 aromatic rings. The Morgan fingerprint density at radius 1 is 0.968 bits per heavy atom. The number of nitrogens with one attached hydrogen (secondary N) is 1. The smallest absolute Gasteiger partial charge is 0.312 e. The van der Waals surface area contributed by atoms with E-state index in [4.69, 9.17) is 9.47 Å². The molecule has 0 amide bonds. The number of fused-ring (bicyclic) bond motifs is 3. The van der Waals surface area contributed by atoms with Gasteiger partial charge in [0.1, 0.15) is 23.9 Å². The summed E-state index contributed by atoms with van der Waals surface area (Å²) in [5, 5.41) is 0.694. The Balaban J connectivity index is 1.46. The van der Waals surface area contributed by atoms with Gasteiger partial charge in [0.15, 0.2) is 0 Å². The average molecular weight is 415 g/mol. The van der Waals surface area contributed by atoms with Gasteiger partial charge in [-0.3, -0.25) is 9.59 Å². The molecule has 0 saturated carbocycles. The summed E-state index contributed by atoms with van der Waals surface area (Å²) in [4.78, 5) is 28.0. The molecular weight excluding hydrogens is 397 g/mol. The number of para-hydroxylation sites is 1. The Bertz CT molecular complexity index is 1340. The summed E-state index contributed by atoms with van der Waals surface area (Å²) >= 11 is 0. The number of H-pyrrole nitrogens is 1. The minimum absolute atomic E-state index is 0.0733. The average Bonchev–Trinajstić information content (AvgIpc) is 2.78. The lowest BCUT2D eigenvalue weighted by Gasteiger charge is -2.25. The molecular formula is C25H18FNO4. The molecule has 6 heteroatoms. The number of esters is 1. The molecule has 0 unspecified atom stereocenters. The van der Waals surface area contributed by atoms with Crippen molar-refractivity contribution < 1.29 is 18.7 Å². The van der Waals surface area contributed by atoms with Crippen LogP contribution in [0.4, 0.5) is 4.39 Å². The van der Waals surface area contributed by atoms with E-state index in [9.17, 15) is 14.0 Å². The van der Waals surface area contributed by atoms with Gasteiger partial charge in [-0.05, 0) is 35.9 Å². The van der Waals surface area contributed by atoms with Crippen LogP contribution in [-0.4, -0.2) is 11.0 Å². The van der Waals surface area contributed by atoms with Crippen LogP contribution >= 0.6 is 0 Å². The highest BCUT2D eigenvalue weighted by atomic mass is 19.1. The summed E-state index contributed by atoms with van der Waals surface area (Å²) in [6, 6.07) is 20.8. The number of aromatic amines is 1. The first-order valence-electron chi connectivity index (χ1n) is 9.92. The number of pyridine rings is 1. The second-order valence-corrected chi connectivity index (χ2v) is 7.42. The molecule has 0 saturated heterocycles.